The molecule has 0 N–H and O–H groups in total. The van der Waals surface area contributed by atoms with E-state index in [1.807, 2.05) is 13.0 Å². The highest BCUT2D eigenvalue weighted by Gasteiger charge is 2.43. The molecule has 0 saturated heterocycles. The number of benzene rings is 2. The van der Waals surface area contributed by atoms with Gasteiger partial charge in [0.1, 0.15) is 17.3 Å². The molecule has 0 fully saturated rings. The minimum atomic E-state index is -0.825. The maximum Gasteiger partial charge on any atom is 0.315 e. The van der Waals surface area contributed by atoms with Gasteiger partial charge in [-0.05, 0) is 33.3 Å². The molecule has 3 aromatic rings. The van der Waals surface area contributed by atoms with Gasteiger partial charge in [0.2, 0.25) is 0 Å². The maximum absolute atomic E-state index is 13.8. The van der Waals surface area contributed by atoms with Gasteiger partial charge < -0.3 is 9.15 Å². The first-order valence-corrected chi connectivity index (χ1v) is 11.4. The number of para-hydroxylation sites is 1. The molecule has 2 aromatic carbocycles. The van der Waals surface area contributed by atoms with Crippen LogP contribution in [0.2, 0.25) is 0 Å². The highest BCUT2D eigenvalue weighted by atomic mass is 16.5. The maximum atomic E-state index is 13.8. The topological polar surface area (TPSA) is 85.9 Å². The number of fused-ring (bicyclic) bond motifs is 1. The van der Waals surface area contributed by atoms with E-state index in [-0.39, 0.29) is 17.8 Å². The van der Waals surface area contributed by atoms with Gasteiger partial charge in [0.15, 0.2) is 11.2 Å². The van der Waals surface area contributed by atoms with Gasteiger partial charge in [-0.25, -0.2) is 0 Å². The zero-order chi connectivity index (χ0) is 24.4. The average molecular weight is 458 g/mol. The van der Waals surface area contributed by atoms with Crippen LogP contribution in [0.15, 0.2) is 80.1 Å². The van der Waals surface area contributed by atoms with Crippen molar-refractivity contribution in [3.8, 4) is 0 Å². The molecule has 6 nitrogen and oxygen atoms in total. The standard InChI is InChI=1S/C28H27NO5/c1-5-14-33-28(32)24-18(4)29-17(3)23(26(31)19-10-7-6-8-11-19)25(24)21-13-9-12-20-22(30)15-16(2)34-27(20)21/h6-13,15,24-25H,5,14H2,1-4H3. The van der Waals surface area contributed by atoms with Crippen LogP contribution in [0.1, 0.15) is 54.8 Å². The van der Waals surface area contributed by atoms with Gasteiger partial charge >= 0.3 is 5.97 Å². The van der Waals surface area contributed by atoms with Crippen molar-refractivity contribution in [2.75, 3.05) is 6.61 Å². The average Bonchev–Trinajstić information content (AvgIpc) is 2.82. The second-order valence-corrected chi connectivity index (χ2v) is 8.52. The van der Waals surface area contributed by atoms with E-state index in [0.717, 1.165) is 0 Å². The van der Waals surface area contributed by atoms with Crippen LogP contribution >= 0.6 is 0 Å². The lowest BCUT2D eigenvalue weighted by molar-refractivity contribution is -0.146. The number of rotatable bonds is 6. The largest absolute Gasteiger partial charge is 0.465 e. The van der Waals surface area contributed by atoms with Crippen LogP contribution in [-0.2, 0) is 9.53 Å². The number of hydrogen-bond donors (Lipinski definition) is 0. The molecular formula is C28H27NO5. The Morgan fingerprint density at radius 1 is 1.03 bits per heavy atom. The molecule has 0 spiro atoms. The summed E-state index contributed by atoms with van der Waals surface area (Å²) in [6, 6.07) is 15.6. The van der Waals surface area contributed by atoms with E-state index in [1.165, 1.54) is 6.07 Å². The Bertz CT molecular complexity index is 1380. The number of allylic oxidation sites excluding steroid dienone is 2. The summed E-state index contributed by atoms with van der Waals surface area (Å²) in [5.74, 6) is -1.77. The molecule has 34 heavy (non-hydrogen) atoms. The molecule has 2 unspecified atom stereocenters. The fourth-order valence-corrected chi connectivity index (χ4v) is 4.57. The normalized spacial score (nSPS) is 18.1. The first-order valence-electron chi connectivity index (χ1n) is 11.4. The minimum Gasteiger partial charge on any atom is -0.465 e. The number of hydrogen-bond acceptors (Lipinski definition) is 6. The quantitative estimate of drug-likeness (QED) is 0.366. The number of esters is 1. The van der Waals surface area contributed by atoms with E-state index >= 15 is 0 Å². The van der Waals surface area contributed by atoms with Crippen LogP contribution in [0.3, 0.4) is 0 Å². The van der Waals surface area contributed by atoms with Gasteiger partial charge in [0.05, 0.1) is 12.0 Å². The minimum absolute atomic E-state index is 0.177. The van der Waals surface area contributed by atoms with E-state index in [4.69, 9.17) is 9.15 Å². The molecule has 0 saturated carbocycles. The van der Waals surface area contributed by atoms with Crippen molar-refractivity contribution in [1.82, 2.24) is 0 Å². The first-order chi connectivity index (χ1) is 16.3. The molecule has 0 radical (unpaired) electrons. The Kier molecular flexibility index (Phi) is 6.59. The molecule has 174 valence electrons. The molecular weight excluding hydrogens is 430 g/mol. The monoisotopic (exact) mass is 457 g/mol. The summed E-state index contributed by atoms with van der Waals surface area (Å²) in [5, 5.41) is 0.396. The number of carbonyl (C=O) groups excluding carboxylic acids is 2. The van der Waals surface area contributed by atoms with E-state index in [9.17, 15) is 14.4 Å². The fraction of sp³-hybridized carbons (Fsp3) is 0.286. The SMILES string of the molecule is CCCOC(=O)C1C(C)=NC(C)=C(C(=O)c2ccccc2)C1c1cccc2c(=O)cc(C)oc12. The molecule has 4 rings (SSSR count). The molecule has 6 heteroatoms. The van der Waals surface area contributed by atoms with E-state index in [0.29, 0.717) is 51.3 Å². The summed E-state index contributed by atoms with van der Waals surface area (Å²) in [6.45, 7) is 7.43. The second-order valence-electron chi connectivity index (χ2n) is 8.52. The van der Waals surface area contributed by atoms with Crippen LogP contribution in [0, 0.1) is 12.8 Å². The Hall–Kier alpha value is -3.80. The summed E-state index contributed by atoms with van der Waals surface area (Å²) in [7, 11) is 0. The van der Waals surface area contributed by atoms with Crippen molar-refractivity contribution in [2.45, 2.75) is 40.0 Å². The number of Topliss-reactive ketones (excluding diaryl/α,β-unsaturated/α-hetero) is 1. The number of ether oxygens (including phenoxy) is 1. The summed E-state index contributed by atoms with van der Waals surface area (Å²) in [5.41, 5.74) is 2.75. The first kappa shape index (κ1) is 23.4. The Morgan fingerprint density at radius 2 is 1.76 bits per heavy atom. The smallest absolute Gasteiger partial charge is 0.315 e. The van der Waals surface area contributed by atoms with Gasteiger partial charge in [-0.3, -0.25) is 19.4 Å². The van der Waals surface area contributed by atoms with Crippen LogP contribution < -0.4 is 5.43 Å². The third-order valence-corrected chi connectivity index (χ3v) is 6.05. The van der Waals surface area contributed by atoms with Crippen molar-refractivity contribution < 1.29 is 18.7 Å². The molecule has 1 aromatic heterocycles. The molecule has 1 aliphatic rings. The summed E-state index contributed by atoms with van der Waals surface area (Å²) >= 11 is 0. The zero-order valence-corrected chi connectivity index (χ0v) is 19.8. The molecule has 1 aliphatic heterocycles. The van der Waals surface area contributed by atoms with Crippen molar-refractivity contribution in [2.24, 2.45) is 10.9 Å². The van der Waals surface area contributed by atoms with Gasteiger partial charge in [-0.1, -0.05) is 49.4 Å². The predicted octanol–water partition coefficient (Wildman–Crippen LogP) is 5.39. The predicted molar refractivity (Wildman–Crippen MR) is 131 cm³/mol. The van der Waals surface area contributed by atoms with Crippen LogP contribution in [-0.4, -0.2) is 24.1 Å². The lowest BCUT2D eigenvalue weighted by Gasteiger charge is -2.32. The van der Waals surface area contributed by atoms with E-state index in [1.54, 1.807) is 63.2 Å². The van der Waals surface area contributed by atoms with Gasteiger partial charge in [0, 0.05) is 40.1 Å². The lowest BCUT2D eigenvalue weighted by atomic mass is 9.73. The molecule has 0 bridgehead atoms. The number of ketones is 1. The molecule has 2 atom stereocenters. The van der Waals surface area contributed by atoms with Crippen LogP contribution in [0.4, 0.5) is 0 Å². The molecule has 0 amide bonds. The van der Waals surface area contributed by atoms with Crippen molar-refractivity contribution in [1.29, 1.82) is 0 Å². The van der Waals surface area contributed by atoms with E-state index in [2.05, 4.69) is 4.99 Å². The Labute approximate surface area is 198 Å². The second kappa shape index (κ2) is 9.59. The fourth-order valence-electron chi connectivity index (χ4n) is 4.57. The third-order valence-electron chi connectivity index (χ3n) is 6.05. The third kappa shape index (κ3) is 4.23. The van der Waals surface area contributed by atoms with Gasteiger partial charge in [-0.2, -0.15) is 0 Å². The number of carbonyl (C=O) groups is 2. The van der Waals surface area contributed by atoms with Crippen LogP contribution in [0.25, 0.3) is 11.0 Å². The summed E-state index contributed by atoms with van der Waals surface area (Å²) < 4.78 is 11.5. The van der Waals surface area contributed by atoms with Crippen molar-refractivity contribution in [3.63, 3.8) is 0 Å². The zero-order valence-electron chi connectivity index (χ0n) is 19.8. The molecule has 2 heterocycles. The van der Waals surface area contributed by atoms with E-state index < -0.39 is 17.8 Å². The highest BCUT2D eigenvalue weighted by molar-refractivity contribution is 6.14. The highest BCUT2D eigenvalue weighted by Crippen LogP contribution is 2.43. The Morgan fingerprint density at radius 3 is 2.47 bits per heavy atom. The van der Waals surface area contributed by atoms with Gasteiger partial charge in [0.25, 0.3) is 0 Å². The number of nitrogens with zero attached hydrogens (tertiary/aromatic N) is 1. The number of aryl methyl sites for hydroxylation is 1. The summed E-state index contributed by atoms with van der Waals surface area (Å²) in [4.78, 5) is 44.4. The van der Waals surface area contributed by atoms with Crippen molar-refractivity contribution >= 4 is 28.4 Å². The molecule has 0 aliphatic carbocycles. The Balaban J connectivity index is 2.00. The van der Waals surface area contributed by atoms with Crippen molar-refractivity contribution in [3.05, 3.63) is 93.0 Å². The van der Waals surface area contributed by atoms with Crippen LogP contribution in [0.5, 0.6) is 0 Å². The van der Waals surface area contributed by atoms with Gasteiger partial charge in [-0.15, -0.1) is 0 Å². The number of aliphatic imine (C=N–C) groups is 1. The lowest BCUT2D eigenvalue weighted by Crippen LogP contribution is -2.36. The summed E-state index contributed by atoms with van der Waals surface area (Å²) in [6.07, 6.45) is 0.673.